The summed E-state index contributed by atoms with van der Waals surface area (Å²) in [5.74, 6) is -0.175. The predicted octanol–water partition coefficient (Wildman–Crippen LogP) is 3.46. The minimum absolute atomic E-state index is 0.0646. The minimum Gasteiger partial charge on any atom is -0.493 e. The van der Waals surface area contributed by atoms with Crippen LogP contribution in [0.4, 0.5) is 10.5 Å². The quantitative estimate of drug-likeness (QED) is 0.870. The fraction of sp³-hybridized carbons (Fsp3) is 0.263. The van der Waals surface area contributed by atoms with E-state index in [0.29, 0.717) is 18.7 Å². The smallest absolute Gasteiger partial charge is 0.411 e. The van der Waals surface area contributed by atoms with Gasteiger partial charge in [0.2, 0.25) is 0 Å². The number of nitrogens with one attached hydrogen (secondary N) is 1. The molecule has 2 N–H and O–H groups in total. The molecule has 0 aliphatic carbocycles. The maximum Gasteiger partial charge on any atom is 0.411 e. The Bertz CT molecular complexity index is 760. The average Bonchev–Trinajstić information content (AvgIpc) is 2.60. The first-order valence-corrected chi connectivity index (χ1v) is 8.05. The number of aliphatic carboxylic acids is 1. The molecule has 0 aromatic heterocycles. The number of carboxylic acids is 1. The molecule has 0 radical (unpaired) electrons. The van der Waals surface area contributed by atoms with Crippen molar-refractivity contribution in [1.29, 1.82) is 0 Å². The molecule has 2 aromatic rings. The van der Waals surface area contributed by atoms with Crippen LogP contribution in [0.2, 0.25) is 0 Å². The monoisotopic (exact) mass is 341 g/mol. The molecule has 1 aliphatic heterocycles. The number of carbonyl (C=O) groups is 2. The van der Waals surface area contributed by atoms with Gasteiger partial charge >= 0.3 is 12.1 Å². The number of fused-ring (bicyclic) bond motifs is 1. The van der Waals surface area contributed by atoms with Crippen molar-refractivity contribution in [1.82, 2.24) is 0 Å². The summed E-state index contributed by atoms with van der Waals surface area (Å²) in [4.78, 5) is 22.8. The van der Waals surface area contributed by atoms with Gasteiger partial charge in [0.15, 0.2) is 0 Å². The van der Waals surface area contributed by atoms with Gasteiger partial charge in [-0.2, -0.15) is 0 Å². The van der Waals surface area contributed by atoms with E-state index in [1.807, 2.05) is 30.3 Å². The van der Waals surface area contributed by atoms with Gasteiger partial charge in [0.1, 0.15) is 12.4 Å². The van der Waals surface area contributed by atoms with Crippen molar-refractivity contribution < 1.29 is 24.2 Å². The van der Waals surface area contributed by atoms with Crippen LogP contribution in [0.1, 0.15) is 17.5 Å². The number of hydrogen-bond acceptors (Lipinski definition) is 4. The molecule has 0 unspecified atom stereocenters. The maximum absolute atomic E-state index is 11.9. The van der Waals surface area contributed by atoms with E-state index in [9.17, 15) is 9.59 Å². The van der Waals surface area contributed by atoms with E-state index in [1.54, 1.807) is 18.2 Å². The zero-order valence-electron chi connectivity index (χ0n) is 13.6. The van der Waals surface area contributed by atoms with Gasteiger partial charge in [0.05, 0.1) is 13.0 Å². The largest absolute Gasteiger partial charge is 0.493 e. The van der Waals surface area contributed by atoms with Crippen molar-refractivity contribution in [2.24, 2.45) is 5.92 Å². The van der Waals surface area contributed by atoms with E-state index in [-0.39, 0.29) is 18.9 Å². The first-order valence-electron chi connectivity index (χ1n) is 8.05. The molecule has 3 rings (SSSR count). The SMILES string of the molecule is O=C(O)C[C@H]1COc2ccc(NC(=O)OCc3ccccc3)cc2C1. The van der Waals surface area contributed by atoms with Crippen LogP contribution in [0, 0.1) is 5.92 Å². The van der Waals surface area contributed by atoms with Crippen LogP contribution in [0.5, 0.6) is 5.75 Å². The second-order valence-corrected chi connectivity index (χ2v) is 5.99. The predicted molar refractivity (Wildman–Crippen MR) is 91.6 cm³/mol. The molecule has 2 aromatic carbocycles. The molecule has 1 heterocycles. The fourth-order valence-corrected chi connectivity index (χ4v) is 2.79. The highest BCUT2D eigenvalue weighted by Gasteiger charge is 2.22. The Hall–Kier alpha value is -3.02. The number of anilines is 1. The second-order valence-electron chi connectivity index (χ2n) is 5.99. The molecule has 0 saturated carbocycles. The Morgan fingerprint density at radius 2 is 2.00 bits per heavy atom. The summed E-state index contributed by atoms with van der Waals surface area (Å²) in [5.41, 5.74) is 2.39. The molecule has 0 spiro atoms. The topological polar surface area (TPSA) is 84.9 Å². The first-order chi connectivity index (χ1) is 12.1. The van der Waals surface area contributed by atoms with Gasteiger partial charge in [-0.3, -0.25) is 10.1 Å². The van der Waals surface area contributed by atoms with E-state index in [0.717, 1.165) is 16.9 Å². The molecular formula is C19H19NO5. The van der Waals surface area contributed by atoms with Crippen LogP contribution < -0.4 is 10.1 Å². The third-order valence-corrected chi connectivity index (χ3v) is 3.97. The van der Waals surface area contributed by atoms with Gasteiger partial charge in [0.25, 0.3) is 0 Å². The van der Waals surface area contributed by atoms with E-state index < -0.39 is 12.1 Å². The molecule has 1 aliphatic rings. The van der Waals surface area contributed by atoms with Crippen LogP contribution in [0.15, 0.2) is 48.5 Å². The highest BCUT2D eigenvalue weighted by atomic mass is 16.5. The highest BCUT2D eigenvalue weighted by molar-refractivity contribution is 5.84. The molecule has 1 atom stereocenters. The lowest BCUT2D eigenvalue weighted by Gasteiger charge is -2.24. The van der Waals surface area contributed by atoms with Crippen molar-refractivity contribution >= 4 is 17.7 Å². The lowest BCUT2D eigenvalue weighted by molar-refractivity contribution is -0.138. The average molecular weight is 341 g/mol. The molecule has 0 bridgehead atoms. The van der Waals surface area contributed by atoms with Crippen molar-refractivity contribution in [2.45, 2.75) is 19.4 Å². The molecular weight excluding hydrogens is 322 g/mol. The first kappa shape index (κ1) is 16.8. The van der Waals surface area contributed by atoms with Crippen molar-refractivity contribution in [3.05, 3.63) is 59.7 Å². The standard InChI is InChI=1S/C19H19NO5/c21-18(22)9-14-8-15-10-16(6-7-17(15)24-12-14)20-19(23)25-11-13-4-2-1-3-5-13/h1-7,10,14H,8-9,11-12H2,(H,20,23)(H,21,22)/t14-/m0/s1. The van der Waals surface area contributed by atoms with Gasteiger partial charge in [-0.25, -0.2) is 4.79 Å². The Labute approximate surface area is 145 Å². The van der Waals surface area contributed by atoms with E-state index in [2.05, 4.69) is 5.32 Å². The number of carboxylic acid groups (broad SMARTS) is 1. The lowest BCUT2D eigenvalue weighted by atomic mass is 9.94. The number of benzene rings is 2. The van der Waals surface area contributed by atoms with Crippen LogP contribution in [-0.2, 0) is 22.6 Å². The molecule has 0 fully saturated rings. The summed E-state index contributed by atoms with van der Waals surface area (Å²) in [6.07, 6.45) is 0.134. The van der Waals surface area contributed by atoms with Gasteiger partial charge in [-0.05, 0) is 35.7 Å². The molecule has 1 amide bonds. The summed E-state index contributed by atoms with van der Waals surface area (Å²) in [7, 11) is 0. The normalized spacial score (nSPS) is 15.6. The van der Waals surface area contributed by atoms with Gasteiger partial charge in [-0.15, -0.1) is 0 Å². The van der Waals surface area contributed by atoms with E-state index in [1.165, 1.54) is 0 Å². The fourth-order valence-electron chi connectivity index (χ4n) is 2.79. The third kappa shape index (κ3) is 4.73. The molecule has 6 heteroatoms. The summed E-state index contributed by atoms with van der Waals surface area (Å²) >= 11 is 0. The summed E-state index contributed by atoms with van der Waals surface area (Å²) in [5, 5.41) is 11.6. The number of hydrogen-bond donors (Lipinski definition) is 2. The Morgan fingerprint density at radius 1 is 1.20 bits per heavy atom. The van der Waals surface area contributed by atoms with Crippen molar-refractivity contribution in [3.8, 4) is 5.75 Å². The minimum atomic E-state index is -0.837. The Balaban J connectivity index is 1.58. The van der Waals surface area contributed by atoms with Crippen LogP contribution in [0.25, 0.3) is 0 Å². The third-order valence-electron chi connectivity index (χ3n) is 3.97. The molecule has 130 valence electrons. The molecule has 6 nitrogen and oxygen atoms in total. The molecule has 25 heavy (non-hydrogen) atoms. The zero-order chi connectivity index (χ0) is 17.6. The number of carbonyl (C=O) groups excluding carboxylic acids is 1. The number of rotatable bonds is 5. The zero-order valence-corrected chi connectivity index (χ0v) is 13.6. The molecule has 0 saturated heterocycles. The van der Waals surface area contributed by atoms with Gasteiger partial charge < -0.3 is 14.6 Å². The Kier molecular flexibility index (Phi) is 5.18. The van der Waals surface area contributed by atoms with E-state index >= 15 is 0 Å². The summed E-state index contributed by atoms with van der Waals surface area (Å²) in [6.45, 7) is 0.590. The maximum atomic E-state index is 11.9. The summed E-state index contributed by atoms with van der Waals surface area (Å²) < 4.78 is 10.8. The van der Waals surface area contributed by atoms with Gasteiger partial charge in [-0.1, -0.05) is 30.3 Å². The van der Waals surface area contributed by atoms with Crippen molar-refractivity contribution in [3.63, 3.8) is 0 Å². The van der Waals surface area contributed by atoms with Crippen LogP contribution in [0.3, 0.4) is 0 Å². The Morgan fingerprint density at radius 3 is 2.76 bits per heavy atom. The number of ether oxygens (including phenoxy) is 2. The lowest BCUT2D eigenvalue weighted by Crippen LogP contribution is -2.23. The van der Waals surface area contributed by atoms with Gasteiger partial charge in [0, 0.05) is 11.6 Å². The summed E-state index contributed by atoms with van der Waals surface area (Å²) in [6, 6.07) is 14.7. The second kappa shape index (κ2) is 7.70. The van der Waals surface area contributed by atoms with Crippen LogP contribution >= 0.6 is 0 Å². The van der Waals surface area contributed by atoms with Crippen molar-refractivity contribution in [2.75, 3.05) is 11.9 Å². The highest BCUT2D eigenvalue weighted by Crippen LogP contribution is 2.31. The van der Waals surface area contributed by atoms with Crippen LogP contribution in [-0.4, -0.2) is 23.8 Å². The number of amides is 1. The van der Waals surface area contributed by atoms with E-state index in [4.69, 9.17) is 14.6 Å².